The lowest BCUT2D eigenvalue weighted by molar-refractivity contribution is -0.665. The third kappa shape index (κ3) is 2.96. The zero-order valence-electron chi connectivity index (χ0n) is 16.6. The summed E-state index contributed by atoms with van der Waals surface area (Å²) in [7, 11) is 2.00. The highest BCUT2D eigenvalue weighted by atomic mass is 14.9. The Labute approximate surface area is 160 Å². The number of benzene rings is 2. The average Bonchev–Trinajstić information content (AvgIpc) is 2.74. The molecule has 0 aliphatic heterocycles. The molecular formula is C24H20N3+. The van der Waals surface area contributed by atoms with E-state index in [-0.39, 0.29) is 0 Å². The van der Waals surface area contributed by atoms with Crippen LogP contribution in [-0.2, 0) is 7.05 Å². The van der Waals surface area contributed by atoms with Crippen LogP contribution in [0.3, 0.4) is 0 Å². The minimum absolute atomic E-state index is 0.466. The topological polar surface area (TPSA) is 21.1 Å². The van der Waals surface area contributed by atoms with Crippen molar-refractivity contribution >= 4 is 16.5 Å². The second kappa shape index (κ2) is 6.66. The number of rotatable bonds is 2. The van der Waals surface area contributed by atoms with Crippen LogP contribution < -0.4 is 4.57 Å². The Balaban J connectivity index is 2.06. The van der Waals surface area contributed by atoms with Crippen molar-refractivity contribution in [3.8, 4) is 22.4 Å². The molecule has 0 radical (unpaired) electrons. The van der Waals surface area contributed by atoms with Crippen LogP contribution in [0.15, 0.2) is 67.0 Å². The molecule has 0 N–H and O–H groups in total. The van der Waals surface area contributed by atoms with Crippen LogP contribution in [-0.4, -0.2) is 4.98 Å². The predicted octanol–water partition coefficient (Wildman–Crippen LogP) is 5.56. The first-order chi connectivity index (χ1) is 13.5. The molecule has 0 fully saturated rings. The Bertz CT molecular complexity index is 1250. The highest BCUT2D eigenvalue weighted by Gasteiger charge is 2.20. The van der Waals surface area contributed by atoms with E-state index in [0.29, 0.717) is 11.7 Å². The fraction of sp³-hybridized carbons (Fsp3) is 0.125. The molecule has 27 heavy (non-hydrogen) atoms. The Morgan fingerprint density at radius 3 is 2.67 bits per heavy atom. The maximum atomic E-state index is 8.56. The van der Waals surface area contributed by atoms with Crippen LogP contribution in [0, 0.1) is 20.4 Å². The van der Waals surface area contributed by atoms with Gasteiger partial charge in [0.05, 0.1) is 18.9 Å². The van der Waals surface area contributed by atoms with Gasteiger partial charge < -0.3 is 0 Å². The fourth-order valence-electron chi connectivity index (χ4n) is 3.45. The van der Waals surface area contributed by atoms with Gasteiger partial charge in [-0.15, -0.1) is 0 Å². The molecule has 130 valence electrons. The minimum atomic E-state index is 0.466. The first-order valence-electron chi connectivity index (χ1n) is 9.33. The van der Waals surface area contributed by atoms with E-state index in [9.17, 15) is 0 Å². The molecule has 3 heteroatoms. The van der Waals surface area contributed by atoms with Crippen molar-refractivity contribution < 1.29 is 5.94 Å². The van der Waals surface area contributed by atoms with Crippen molar-refractivity contribution in [2.45, 2.75) is 13.8 Å². The molecule has 4 rings (SSSR count). The second-order valence-electron chi connectivity index (χ2n) is 6.73. The van der Waals surface area contributed by atoms with Crippen molar-refractivity contribution in [1.82, 2.24) is 4.98 Å². The quantitative estimate of drug-likeness (QED) is 0.342. The fourth-order valence-corrected chi connectivity index (χ4v) is 3.45. The van der Waals surface area contributed by atoms with Crippen LogP contribution in [0.2, 0.25) is 0 Å². The summed E-state index contributed by atoms with van der Waals surface area (Å²) < 4.78 is 10.6. The number of fused-ring (bicyclic) bond motifs is 1. The number of aromatic nitrogens is 2. The Kier molecular flexibility index (Phi) is 3.88. The van der Waals surface area contributed by atoms with Crippen molar-refractivity contribution in [1.29, 1.82) is 0 Å². The van der Waals surface area contributed by atoms with Gasteiger partial charge >= 0.3 is 0 Å². The van der Waals surface area contributed by atoms with Crippen molar-refractivity contribution in [3.63, 3.8) is 0 Å². The molecule has 3 nitrogen and oxygen atoms in total. The maximum Gasteiger partial charge on any atom is 0.220 e. The summed E-state index contributed by atoms with van der Waals surface area (Å²) in [6, 6.07) is 16.5. The van der Waals surface area contributed by atoms with Gasteiger partial charge in [0, 0.05) is 30.9 Å². The molecule has 0 atom stereocenters. The van der Waals surface area contributed by atoms with E-state index in [1.807, 2.05) is 44.4 Å². The summed E-state index contributed by atoms with van der Waals surface area (Å²) in [6.45, 7) is 11.4. The lowest BCUT2D eigenvalue weighted by Gasteiger charge is -2.12. The van der Waals surface area contributed by atoms with E-state index in [1.165, 1.54) is 0 Å². The predicted molar refractivity (Wildman–Crippen MR) is 110 cm³/mol. The van der Waals surface area contributed by atoms with E-state index in [1.54, 1.807) is 6.20 Å². The number of hydrogen-bond donors (Lipinski definition) is 0. The molecule has 4 aromatic rings. The van der Waals surface area contributed by atoms with Crippen molar-refractivity contribution in [3.05, 3.63) is 89.6 Å². The molecule has 0 unspecified atom stereocenters. The average molecular weight is 351 g/mol. The van der Waals surface area contributed by atoms with Crippen molar-refractivity contribution in [2.75, 3.05) is 0 Å². The van der Waals surface area contributed by atoms with Crippen LogP contribution in [0.5, 0.6) is 0 Å². The van der Waals surface area contributed by atoms with Gasteiger partial charge in [-0.3, -0.25) is 4.98 Å². The smallest absolute Gasteiger partial charge is 0.220 e. The van der Waals surface area contributed by atoms with E-state index < -0.39 is 0 Å². The molecule has 0 saturated heterocycles. The Morgan fingerprint density at radius 1 is 1.07 bits per heavy atom. The number of aryl methyl sites for hydroxylation is 1. The van der Waals surface area contributed by atoms with Crippen LogP contribution in [0.4, 0.5) is 5.69 Å². The molecular weight excluding hydrogens is 330 g/mol. The monoisotopic (exact) mass is 351 g/mol. The van der Waals surface area contributed by atoms with E-state index in [2.05, 4.69) is 45.6 Å². The van der Waals surface area contributed by atoms with Gasteiger partial charge in [0.2, 0.25) is 5.69 Å². The normalized spacial score (nSPS) is 11.3. The number of hydrogen-bond acceptors (Lipinski definition) is 1. The molecule has 0 aliphatic carbocycles. The molecule has 0 bridgehead atoms. The lowest BCUT2D eigenvalue weighted by Crippen LogP contribution is -2.35. The zero-order chi connectivity index (χ0) is 19.8. The van der Waals surface area contributed by atoms with E-state index in [0.717, 1.165) is 44.4 Å². The highest BCUT2D eigenvalue weighted by molar-refractivity contribution is 5.96. The molecule has 0 saturated carbocycles. The molecule has 2 aromatic carbocycles. The minimum Gasteiger partial charge on any atom is -0.264 e. The van der Waals surface area contributed by atoms with E-state index in [4.69, 9.17) is 7.94 Å². The molecule has 2 heterocycles. The Morgan fingerprint density at radius 2 is 1.93 bits per heavy atom. The SMILES string of the molecule is [2H]c1c(C)[n+](C)c(-c2cc(-c3cccnc3)ccc2C)c2ccc([N+]#[C-])cc12. The van der Waals surface area contributed by atoms with Gasteiger partial charge in [-0.05, 0) is 41.6 Å². The van der Waals surface area contributed by atoms with Crippen LogP contribution >= 0.6 is 0 Å². The third-order valence-electron chi connectivity index (χ3n) is 5.03. The van der Waals surface area contributed by atoms with Gasteiger partial charge in [0.1, 0.15) is 7.05 Å². The summed E-state index contributed by atoms with van der Waals surface area (Å²) in [5.74, 6) is 0. The highest BCUT2D eigenvalue weighted by Crippen LogP contribution is 2.33. The van der Waals surface area contributed by atoms with Gasteiger partial charge in [-0.1, -0.05) is 30.3 Å². The van der Waals surface area contributed by atoms with Gasteiger partial charge in [-0.2, -0.15) is 4.57 Å². The molecule has 2 aromatic heterocycles. The molecule has 0 amide bonds. The third-order valence-corrected chi connectivity index (χ3v) is 5.03. The number of nitrogens with zero attached hydrogens (tertiary/aromatic N) is 3. The molecule has 0 aliphatic rings. The Hall–Kier alpha value is -3.51. The summed E-state index contributed by atoms with van der Waals surface area (Å²) in [4.78, 5) is 7.78. The first-order valence-corrected chi connectivity index (χ1v) is 8.83. The summed E-state index contributed by atoms with van der Waals surface area (Å²) >= 11 is 0. The van der Waals surface area contributed by atoms with Gasteiger partial charge in [0.25, 0.3) is 0 Å². The van der Waals surface area contributed by atoms with Crippen molar-refractivity contribution in [2.24, 2.45) is 7.05 Å². The van der Waals surface area contributed by atoms with E-state index >= 15 is 0 Å². The first kappa shape index (κ1) is 15.7. The number of pyridine rings is 2. The molecule has 0 spiro atoms. The zero-order valence-corrected chi connectivity index (χ0v) is 15.6. The lowest BCUT2D eigenvalue weighted by atomic mass is 9.95. The summed E-state index contributed by atoms with van der Waals surface area (Å²) in [5.41, 5.74) is 6.94. The second-order valence-corrected chi connectivity index (χ2v) is 6.73. The van der Waals surface area contributed by atoms with Crippen LogP contribution in [0.25, 0.3) is 38.0 Å². The largest absolute Gasteiger partial charge is 0.264 e. The summed E-state index contributed by atoms with van der Waals surface area (Å²) in [5, 5.41) is 1.79. The van der Waals surface area contributed by atoms with Crippen LogP contribution in [0.1, 0.15) is 12.6 Å². The maximum absolute atomic E-state index is 8.56. The standard InChI is InChI=1S/C24H20N3/c1-16-7-8-18(19-6-5-11-26-15-19)14-23(16)24-22-10-9-21(25-3)13-20(22)12-17(2)27(24)4/h5-15H,1-2,4H3/q+1/i12D. The van der Waals surface area contributed by atoms with Gasteiger partial charge in [-0.25, -0.2) is 4.85 Å². The van der Waals surface area contributed by atoms with Gasteiger partial charge in [0.15, 0.2) is 11.4 Å². The summed E-state index contributed by atoms with van der Waals surface area (Å²) in [6.07, 6.45) is 3.64.